The zero-order valence-corrected chi connectivity index (χ0v) is 19.7. The molecule has 0 bridgehead atoms. The molecule has 0 radical (unpaired) electrons. The van der Waals surface area contributed by atoms with Crippen molar-refractivity contribution in [2.24, 2.45) is 0 Å². The van der Waals surface area contributed by atoms with Crippen LogP contribution in [-0.2, 0) is 11.3 Å². The molecule has 0 fully saturated rings. The van der Waals surface area contributed by atoms with E-state index < -0.39 is 4.92 Å². The number of fused-ring (bicyclic) bond motifs is 3. The summed E-state index contributed by atoms with van der Waals surface area (Å²) in [5.41, 5.74) is 1.11. The molecule has 4 rings (SSSR count). The predicted molar refractivity (Wildman–Crippen MR) is 132 cm³/mol. The van der Waals surface area contributed by atoms with Gasteiger partial charge in [0, 0.05) is 31.4 Å². The molecule has 0 aliphatic heterocycles. The van der Waals surface area contributed by atoms with Crippen LogP contribution in [0.2, 0.25) is 0 Å². The van der Waals surface area contributed by atoms with Crippen molar-refractivity contribution in [2.45, 2.75) is 37.9 Å². The molecule has 1 amide bonds. The Kier molecular flexibility index (Phi) is 6.92. The van der Waals surface area contributed by atoms with Gasteiger partial charge in [0.1, 0.15) is 0 Å². The maximum atomic E-state index is 13.1. The highest BCUT2D eigenvalue weighted by Gasteiger charge is 2.19. The van der Waals surface area contributed by atoms with Crippen LogP contribution in [0.5, 0.6) is 0 Å². The molecular formula is C23H24N6O4S. The molecule has 10 nitrogen and oxygen atoms in total. The Bertz CT molecular complexity index is 1410. The van der Waals surface area contributed by atoms with Gasteiger partial charge in [-0.3, -0.25) is 28.7 Å². The SMILES string of the molecule is CCCCCn1c(=O)c2ccccc2n2c(SCC(=O)N(C)c3ccc([N+](=O)[O-])cc3)nnc12. The molecular weight excluding hydrogens is 456 g/mol. The Morgan fingerprint density at radius 2 is 1.85 bits per heavy atom. The molecule has 2 aromatic carbocycles. The normalized spacial score (nSPS) is 11.2. The van der Waals surface area contributed by atoms with E-state index >= 15 is 0 Å². The van der Waals surface area contributed by atoms with Crippen LogP contribution in [0.3, 0.4) is 0 Å². The molecule has 4 aromatic rings. The molecule has 2 heterocycles. The molecule has 0 saturated heterocycles. The predicted octanol–water partition coefficient (Wildman–Crippen LogP) is 3.90. The first-order valence-corrected chi connectivity index (χ1v) is 11.9. The number of nitrogens with zero attached hydrogens (tertiary/aromatic N) is 6. The first-order valence-electron chi connectivity index (χ1n) is 10.9. The Morgan fingerprint density at radius 3 is 2.56 bits per heavy atom. The van der Waals surface area contributed by atoms with E-state index in [0.29, 0.717) is 34.1 Å². The molecule has 0 atom stereocenters. The molecule has 0 aliphatic rings. The van der Waals surface area contributed by atoms with Crippen LogP contribution in [0.15, 0.2) is 58.5 Å². The fourth-order valence-corrected chi connectivity index (χ4v) is 4.57. The summed E-state index contributed by atoms with van der Waals surface area (Å²) in [6.45, 7) is 2.65. The van der Waals surface area contributed by atoms with Gasteiger partial charge in [0.25, 0.3) is 11.2 Å². The monoisotopic (exact) mass is 480 g/mol. The van der Waals surface area contributed by atoms with E-state index in [1.54, 1.807) is 17.7 Å². The molecule has 34 heavy (non-hydrogen) atoms. The zero-order chi connectivity index (χ0) is 24.2. The van der Waals surface area contributed by atoms with E-state index in [9.17, 15) is 19.7 Å². The van der Waals surface area contributed by atoms with Gasteiger partial charge in [0.15, 0.2) is 5.16 Å². The standard InChI is InChI=1S/C23H24N6O4S/c1-3-4-7-14-27-21(31)18-8-5-6-9-19(18)28-22(27)24-25-23(28)34-15-20(30)26(2)16-10-12-17(13-11-16)29(32)33/h5-6,8-13H,3-4,7,14-15H2,1-2H3. The number of aryl methyl sites for hydroxylation is 1. The van der Waals surface area contributed by atoms with Crippen molar-refractivity contribution in [3.63, 3.8) is 0 Å². The third-order valence-electron chi connectivity index (χ3n) is 5.61. The number of hydrogen-bond acceptors (Lipinski definition) is 7. The van der Waals surface area contributed by atoms with Crippen molar-refractivity contribution in [1.82, 2.24) is 19.2 Å². The first-order chi connectivity index (χ1) is 16.4. The van der Waals surface area contributed by atoms with E-state index in [2.05, 4.69) is 17.1 Å². The third-order valence-corrected chi connectivity index (χ3v) is 6.52. The van der Waals surface area contributed by atoms with Crippen molar-refractivity contribution in [3.05, 3.63) is 69.0 Å². The number of para-hydroxylation sites is 1. The van der Waals surface area contributed by atoms with Gasteiger partial charge in [-0.2, -0.15) is 0 Å². The lowest BCUT2D eigenvalue weighted by atomic mass is 10.2. The third kappa shape index (κ3) is 4.51. The van der Waals surface area contributed by atoms with Crippen LogP contribution in [0.25, 0.3) is 16.7 Å². The van der Waals surface area contributed by atoms with E-state index in [-0.39, 0.29) is 22.9 Å². The number of unbranched alkanes of at least 4 members (excludes halogenated alkanes) is 2. The highest BCUT2D eigenvalue weighted by molar-refractivity contribution is 7.99. The lowest BCUT2D eigenvalue weighted by molar-refractivity contribution is -0.384. The highest BCUT2D eigenvalue weighted by Crippen LogP contribution is 2.24. The van der Waals surface area contributed by atoms with Crippen molar-refractivity contribution in [1.29, 1.82) is 0 Å². The fourth-order valence-electron chi connectivity index (χ4n) is 3.71. The Labute approximate surface area is 199 Å². The van der Waals surface area contributed by atoms with Crippen LogP contribution >= 0.6 is 11.8 Å². The number of hydrogen-bond donors (Lipinski definition) is 0. The number of aromatic nitrogens is 4. The lowest BCUT2D eigenvalue weighted by Crippen LogP contribution is -2.28. The summed E-state index contributed by atoms with van der Waals surface area (Å²) in [4.78, 5) is 37.7. The number of rotatable bonds is 9. The van der Waals surface area contributed by atoms with Crippen LogP contribution in [0, 0.1) is 10.1 Å². The lowest BCUT2D eigenvalue weighted by Gasteiger charge is -2.16. The number of benzene rings is 2. The Morgan fingerprint density at radius 1 is 1.12 bits per heavy atom. The number of amides is 1. The second-order valence-electron chi connectivity index (χ2n) is 7.81. The summed E-state index contributed by atoms with van der Waals surface area (Å²) in [5, 5.41) is 20.5. The Balaban J connectivity index is 1.61. The second-order valence-corrected chi connectivity index (χ2v) is 8.76. The van der Waals surface area contributed by atoms with E-state index in [1.165, 1.54) is 40.9 Å². The van der Waals surface area contributed by atoms with Gasteiger partial charge in [-0.05, 0) is 30.7 Å². The zero-order valence-electron chi connectivity index (χ0n) is 18.9. The largest absolute Gasteiger partial charge is 0.315 e. The highest BCUT2D eigenvalue weighted by atomic mass is 32.2. The molecule has 0 N–H and O–H groups in total. The number of nitro benzene ring substituents is 1. The molecule has 176 valence electrons. The van der Waals surface area contributed by atoms with Crippen LogP contribution in [-0.4, -0.2) is 42.8 Å². The van der Waals surface area contributed by atoms with Crippen LogP contribution < -0.4 is 10.5 Å². The average molecular weight is 481 g/mol. The van der Waals surface area contributed by atoms with Gasteiger partial charge in [-0.15, -0.1) is 10.2 Å². The minimum atomic E-state index is -0.482. The van der Waals surface area contributed by atoms with Gasteiger partial charge in [0.2, 0.25) is 11.7 Å². The topological polar surface area (TPSA) is 116 Å². The summed E-state index contributed by atoms with van der Waals surface area (Å²) < 4.78 is 3.48. The van der Waals surface area contributed by atoms with Crippen molar-refractivity contribution in [2.75, 3.05) is 17.7 Å². The maximum absolute atomic E-state index is 13.1. The van der Waals surface area contributed by atoms with Gasteiger partial charge in [-0.1, -0.05) is 43.7 Å². The summed E-state index contributed by atoms with van der Waals surface area (Å²) in [6, 6.07) is 13.1. The molecule has 0 aliphatic carbocycles. The number of carbonyl (C=O) groups is 1. The smallest absolute Gasteiger partial charge is 0.269 e. The maximum Gasteiger partial charge on any atom is 0.269 e. The van der Waals surface area contributed by atoms with E-state index in [4.69, 9.17) is 0 Å². The van der Waals surface area contributed by atoms with Crippen molar-refractivity contribution < 1.29 is 9.72 Å². The summed E-state index contributed by atoms with van der Waals surface area (Å²) >= 11 is 1.23. The van der Waals surface area contributed by atoms with Gasteiger partial charge < -0.3 is 4.90 Å². The number of non-ortho nitro benzene ring substituents is 1. The van der Waals surface area contributed by atoms with Gasteiger partial charge in [-0.25, -0.2) is 0 Å². The number of anilines is 1. The van der Waals surface area contributed by atoms with Crippen LogP contribution in [0.4, 0.5) is 11.4 Å². The fraction of sp³-hybridized carbons (Fsp3) is 0.304. The first kappa shape index (κ1) is 23.4. The quantitative estimate of drug-likeness (QED) is 0.154. The number of carbonyl (C=O) groups excluding carboxylic acids is 1. The van der Waals surface area contributed by atoms with E-state index in [1.807, 2.05) is 22.6 Å². The minimum absolute atomic E-state index is 0.0363. The summed E-state index contributed by atoms with van der Waals surface area (Å²) in [7, 11) is 1.62. The summed E-state index contributed by atoms with van der Waals surface area (Å²) in [6.07, 6.45) is 2.90. The number of nitro groups is 1. The second kappa shape index (κ2) is 10.0. The molecule has 0 unspecified atom stereocenters. The average Bonchev–Trinajstić information content (AvgIpc) is 3.28. The molecule has 2 aromatic heterocycles. The molecule has 0 saturated carbocycles. The Hall–Kier alpha value is -3.73. The van der Waals surface area contributed by atoms with Crippen molar-refractivity contribution in [3.8, 4) is 0 Å². The van der Waals surface area contributed by atoms with Gasteiger partial charge in [0.05, 0.1) is 21.6 Å². The van der Waals surface area contributed by atoms with E-state index in [0.717, 1.165) is 19.3 Å². The van der Waals surface area contributed by atoms with Crippen molar-refractivity contribution >= 4 is 45.7 Å². The summed E-state index contributed by atoms with van der Waals surface area (Å²) in [5.74, 6) is 0.340. The molecule has 0 spiro atoms. The molecule has 11 heteroatoms. The van der Waals surface area contributed by atoms with Gasteiger partial charge >= 0.3 is 0 Å². The van der Waals surface area contributed by atoms with Crippen LogP contribution in [0.1, 0.15) is 26.2 Å². The minimum Gasteiger partial charge on any atom is -0.315 e. The number of thioether (sulfide) groups is 1.